The summed E-state index contributed by atoms with van der Waals surface area (Å²) in [5.41, 5.74) is 7.29. The topological polar surface area (TPSA) is 29.3 Å². The number of rotatable bonds is 3. The zero-order chi connectivity index (χ0) is 12.1. The highest BCUT2D eigenvalue weighted by molar-refractivity contribution is 5.48. The Labute approximate surface area is 104 Å². The number of likely N-dealkylation sites (tertiary alicyclic amines) is 1. The van der Waals surface area contributed by atoms with Gasteiger partial charge in [0.1, 0.15) is 0 Å². The molecule has 2 atom stereocenters. The zero-order valence-corrected chi connectivity index (χ0v) is 10.5. The molecule has 0 aliphatic carbocycles. The van der Waals surface area contributed by atoms with E-state index in [1.165, 1.54) is 5.56 Å². The van der Waals surface area contributed by atoms with Gasteiger partial charge in [0.2, 0.25) is 0 Å². The quantitative estimate of drug-likeness (QED) is 0.863. The van der Waals surface area contributed by atoms with Gasteiger partial charge in [0.25, 0.3) is 0 Å². The van der Waals surface area contributed by atoms with Gasteiger partial charge in [0.15, 0.2) is 0 Å². The molecule has 2 heteroatoms. The SMILES string of the molecule is CC1CN(CC=Cc2ccccc2)CCC1N. The monoisotopic (exact) mass is 230 g/mol. The smallest absolute Gasteiger partial charge is 0.0166 e. The lowest BCUT2D eigenvalue weighted by molar-refractivity contribution is 0.180. The van der Waals surface area contributed by atoms with E-state index in [0.29, 0.717) is 12.0 Å². The normalized spacial score (nSPS) is 26.5. The van der Waals surface area contributed by atoms with E-state index in [1.807, 2.05) is 6.07 Å². The first-order chi connectivity index (χ1) is 8.25. The molecular formula is C15H22N2. The third-order valence-electron chi connectivity index (χ3n) is 3.53. The Balaban J connectivity index is 1.81. The molecule has 2 N–H and O–H groups in total. The average molecular weight is 230 g/mol. The fourth-order valence-electron chi connectivity index (χ4n) is 2.32. The Morgan fingerprint density at radius 1 is 1.35 bits per heavy atom. The van der Waals surface area contributed by atoms with E-state index >= 15 is 0 Å². The second-order valence-corrected chi connectivity index (χ2v) is 5.00. The molecule has 0 saturated carbocycles. The van der Waals surface area contributed by atoms with Gasteiger partial charge in [-0.05, 0) is 24.4 Å². The standard InChI is InChI=1S/C15H22N2/c1-13-12-17(11-9-15(13)16)10-5-8-14-6-3-2-4-7-14/h2-8,13,15H,9-12,16H2,1H3. The molecule has 1 aliphatic rings. The third-order valence-corrected chi connectivity index (χ3v) is 3.53. The van der Waals surface area contributed by atoms with Crippen molar-refractivity contribution >= 4 is 6.08 Å². The van der Waals surface area contributed by atoms with E-state index in [-0.39, 0.29) is 0 Å². The highest BCUT2D eigenvalue weighted by atomic mass is 15.1. The van der Waals surface area contributed by atoms with Crippen LogP contribution in [0.15, 0.2) is 36.4 Å². The van der Waals surface area contributed by atoms with Crippen LogP contribution in [-0.4, -0.2) is 30.6 Å². The maximum Gasteiger partial charge on any atom is 0.0166 e. The van der Waals surface area contributed by atoms with Crippen LogP contribution in [0.5, 0.6) is 0 Å². The van der Waals surface area contributed by atoms with Crippen LogP contribution in [-0.2, 0) is 0 Å². The molecule has 1 saturated heterocycles. The Morgan fingerprint density at radius 2 is 2.12 bits per heavy atom. The predicted molar refractivity (Wildman–Crippen MR) is 73.7 cm³/mol. The molecule has 1 aromatic carbocycles. The molecule has 0 amide bonds. The Morgan fingerprint density at radius 3 is 2.82 bits per heavy atom. The van der Waals surface area contributed by atoms with Crippen molar-refractivity contribution in [3.8, 4) is 0 Å². The van der Waals surface area contributed by atoms with Crippen molar-refractivity contribution in [2.45, 2.75) is 19.4 Å². The van der Waals surface area contributed by atoms with Gasteiger partial charge in [-0.1, -0.05) is 49.4 Å². The van der Waals surface area contributed by atoms with E-state index in [1.54, 1.807) is 0 Å². The van der Waals surface area contributed by atoms with Crippen molar-refractivity contribution in [1.29, 1.82) is 0 Å². The zero-order valence-electron chi connectivity index (χ0n) is 10.5. The fraction of sp³-hybridized carbons (Fsp3) is 0.467. The lowest BCUT2D eigenvalue weighted by Crippen LogP contribution is -2.45. The van der Waals surface area contributed by atoms with E-state index in [4.69, 9.17) is 5.73 Å². The van der Waals surface area contributed by atoms with Gasteiger partial charge >= 0.3 is 0 Å². The molecule has 1 aliphatic heterocycles. The van der Waals surface area contributed by atoms with Crippen molar-refractivity contribution in [1.82, 2.24) is 4.90 Å². The Kier molecular flexibility index (Phi) is 4.35. The van der Waals surface area contributed by atoms with Crippen molar-refractivity contribution < 1.29 is 0 Å². The van der Waals surface area contributed by atoms with Crippen LogP contribution in [0.25, 0.3) is 6.08 Å². The number of hydrogen-bond acceptors (Lipinski definition) is 2. The summed E-state index contributed by atoms with van der Waals surface area (Å²) in [7, 11) is 0. The molecule has 92 valence electrons. The van der Waals surface area contributed by atoms with Crippen molar-refractivity contribution in [3.05, 3.63) is 42.0 Å². The summed E-state index contributed by atoms with van der Waals surface area (Å²) >= 11 is 0. The van der Waals surface area contributed by atoms with Crippen LogP contribution < -0.4 is 5.73 Å². The first-order valence-corrected chi connectivity index (χ1v) is 6.45. The molecule has 1 fully saturated rings. The average Bonchev–Trinajstić information content (AvgIpc) is 2.35. The molecule has 2 rings (SSSR count). The lowest BCUT2D eigenvalue weighted by Gasteiger charge is -2.34. The van der Waals surface area contributed by atoms with Gasteiger partial charge in [0, 0.05) is 19.1 Å². The van der Waals surface area contributed by atoms with E-state index < -0.39 is 0 Å². The number of benzene rings is 1. The second kappa shape index (κ2) is 5.99. The molecule has 0 bridgehead atoms. The summed E-state index contributed by atoms with van der Waals surface area (Å²) in [4.78, 5) is 2.48. The van der Waals surface area contributed by atoms with Gasteiger partial charge in [-0.25, -0.2) is 0 Å². The van der Waals surface area contributed by atoms with Crippen LogP contribution in [0.1, 0.15) is 18.9 Å². The molecule has 2 nitrogen and oxygen atoms in total. The number of hydrogen-bond donors (Lipinski definition) is 1. The summed E-state index contributed by atoms with van der Waals surface area (Å²) in [6.45, 7) is 5.54. The number of nitrogens with zero attached hydrogens (tertiary/aromatic N) is 1. The molecule has 17 heavy (non-hydrogen) atoms. The maximum atomic E-state index is 6.02. The summed E-state index contributed by atoms with van der Waals surface area (Å²) in [6.07, 6.45) is 5.57. The van der Waals surface area contributed by atoms with Gasteiger partial charge in [-0.2, -0.15) is 0 Å². The number of piperidine rings is 1. The molecule has 0 aromatic heterocycles. The van der Waals surface area contributed by atoms with Crippen molar-refractivity contribution in [2.24, 2.45) is 11.7 Å². The van der Waals surface area contributed by atoms with Crippen LogP contribution >= 0.6 is 0 Å². The Hall–Kier alpha value is -1.12. The van der Waals surface area contributed by atoms with Crippen LogP contribution in [0.2, 0.25) is 0 Å². The largest absolute Gasteiger partial charge is 0.327 e. The first kappa shape index (κ1) is 12.3. The second-order valence-electron chi connectivity index (χ2n) is 5.00. The molecule has 1 heterocycles. The van der Waals surface area contributed by atoms with E-state index in [0.717, 1.165) is 26.1 Å². The fourth-order valence-corrected chi connectivity index (χ4v) is 2.32. The van der Waals surface area contributed by atoms with Crippen LogP contribution in [0.3, 0.4) is 0 Å². The molecule has 2 unspecified atom stereocenters. The third kappa shape index (κ3) is 3.69. The van der Waals surface area contributed by atoms with Crippen LogP contribution in [0.4, 0.5) is 0 Å². The van der Waals surface area contributed by atoms with Gasteiger partial charge in [-0.15, -0.1) is 0 Å². The molecule has 0 spiro atoms. The molecular weight excluding hydrogens is 208 g/mol. The van der Waals surface area contributed by atoms with Gasteiger partial charge in [0.05, 0.1) is 0 Å². The minimum atomic E-state index is 0.393. The molecule has 1 aromatic rings. The van der Waals surface area contributed by atoms with Gasteiger partial charge in [-0.3, -0.25) is 4.90 Å². The summed E-state index contributed by atoms with van der Waals surface area (Å²) in [6, 6.07) is 10.8. The minimum Gasteiger partial charge on any atom is -0.327 e. The summed E-state index contributed by atoms with van der Waals surface area (Å²) < 4.78 is 0. The Bertz CT molecular complexity index is 358. The maximum absolute atomic E-state index is 6.02. The highest BCUT2D eigenvalue weighted by Crippen LogP contribution is 2.14. The highest BCUT2D eigenvalue weighted by Gasteiger charge is 2.21. The summed E-state index contributed by atoms with van der Waals surface area (Å²) in [5.74, 6) is 0.619. The van der Waals surface area contributed by atoms with E-state index in [9.17, 15) is 0 Å². The predicted octanol–water partition coefficient (Wildman–Crippen LogP) is 2.37. The summed E-state index contributed by atoms with van der Waals surface area (Å²) in [5, 5.41) is 0. The van der Waals surface area contributed by atoms with E-state index in [2.05, 4.69) is 48.2 Å². The van der Waals surface area contributed by atoms with Crippen LogP contribution in [0, 0.1) is 5.92 Å². The lowest BCUT2D eigenvalue weighted by atomic mass is 9.95. The van der Waals surface area contributed by atoms with Crippen molar-refractivity contribution in [3.63, 3.8) is 0 Å². The van der Waals surface area contributed by atoms with Gasteiger partial charge < -0.3 is 5.73 Å². The first-order valence-electron chi connectivity index (χ1n) is 6.45. The van der Waals surface area contributed by atoms with Crippen molar-refractivity contribution in [2.75, 3.05) is 19.6 Å². The minimum absolute atomic E-state index is 0.393. The number of nitrogens with two attached hydrogens (primary N) is 1. The molecule has 0 radical (unpaired) electrons.